The van der Waals surface area contributed by atoms with Crippen LogP contribution in [0.2, 0.25) is 0 Å². The quantitative estimate of drug-likeness (QED) is 0.771. The molecular weight excluding hydrogens is 374 g/mol. The van der Waals surface area contributed by atoms with Crippen molar-refractivity contribution >= 4 is 23.0 Å². The molecule has 3 rings (SSSR count). The van der Waals surface area contributed by atoms with Gasteiger partial charge in [-0.25, -0.2) is 8.78 Å². The molecule has 1 aliphatic rings. The van der Waals surface area contributed by atoms with Crippen molar-refractivity contribution in [1.29, 1.82) is 0 Å². The molecule has 2 aromatic carbocycles. The van der Waals surface area contributed by atoms with Crippen molar-refractivity contribution in [3.63, 3.8) is 0 Å². The molecule has 2 aromatic rings. The highest BCUT2D eigenvalue weighted by molar-refractivity contribution is 5.96. The minimum atomic E-state index is -0.671. The van der Waals surface area contributed by atoms with E-state index in [0.29, 0.717) is 0 Å². The summed E-state index contributed by atoms with van der Waals surface area (Å²) in [7, 11) is 0. The van der Waals surface area contributed by atoms with E-state index in [1.807, 2.05) is 19.1 Å². The number of carbonyl (C=O) groups excluding carboxylic acids is 1. The van der Waals surface area contributed by atoms with Crippen LogP contribution in [-0.4, -0.2) is 49.6 Å². The van der Waals surface area contributed by atoms with Crippen LogP contribution in [0.5, 0.6) is 0 Å². The van der Waals surface area contributed by atoms with Crippen LogP contribution >= 0.6 is 0 Å². The fourth-order valence-electron chi connectivity index (χ4n) is 3.46. The highest BCUT2D eigenvalue weighted by Crippen LogP contribution is 2.24. The second-order valence-electron chi connectivity index (χ2n) is 7.40. The molecule has 0 aromatic heterocycles. The predicted molar refractivity (Wildman–Crippen MR) is 114 cm³/mol. The van der Waals surface area contributed by atoms with E-state index in [9.17, 15) is 13.6 Å². The van der Waals surface area contributed by atoms with E-state index in [-0.39, 0.29) is 5.69 Å². The number of nitrogens with zero attached hydrogens (tertiary/aromatic N) is 2. The fourth-order valence-corrected chi connectivity index (χ4v) is 3.46. The number of carbonyl (C=O) groups is 1. The van der Waals surface area contributed by atoms with Gasteiger partial charge in [-0.3, -0.25) is 4.79 Å². The summed E-state index contributed by atoms with van der Waals surface area (Å²) >= 11 is 0. The summed E-state index contributed by atoms with van der Waals surface area (Å²) in [6.45, 7) is 11.0. The molecular formula is C22H28F2N4O. The molecule has 0 spiro atoms. The summed E-state index contributed by atoms with van der Waals surface area (Å²) in [6.07, 6.45) is 0. The maximum absolute atomic E-state index is 13.7. The van der Waals surface area contributed by atoms with Crippen molar-refractivity contribution in [3.8, 4) is 0 Å². The van der Waals surface area contributed by atoms with E-state index < -0.39 is 23.6 Å². The number of hydrogen-bond donors (Lipinski definition) is 2. The number of piperazine rings is 1. The Labute approximate surface area is 170 Å². The number of nitrogens with one attached hydrogen (secondary N) is 2. The second-order valence-corrected chi connectivity index (χ2v) is 7.40. The Kier molecular flexibility index (Phi) is 6.69. The standard InChI is InChI=1S/C22H28F2N4O/c1-4-27-9-11-28(12-10-27)18-6-8-20(15(2)13-18)25-16(3)22(29)26-21-14-17(23)5-7-19(21)24/h5-8,13-14,16,25H,4,9-12H2,1-3H3,(H,26,29)/t16-/m1/s1. The van der Waals surface area contributed by atoms with Gasteiger partial charge in [-0.2, -0.15) is 0 Å². The van der Waals surface area contributed by atoms with E-state index in [2.05, 4.69) is 33.4 Å². The Morgan fingerprint density at radius 1 is 1.07 bits per heavy atom. The van der Waals surface area contributed by atoms with Gasteiger partial charge in [-0.1, -0.05) is 6.92 Å². The number of aryl methyl sites for hydroxylation is 1. The van der Waals surface area contributed by atoms with E-state index in [1.165, 1.54) is 5.69 Å². The number of rotatable bonds is 6. The number of anilines is 3. The molecule has 0 saturated carbocycles. The number of amides is 1. The summed E-state index contributed by atoms with van der Waals surface area (Å²) in [6, 6.07) is 8.48. The van der Waals surface area contributed by atoms with Crippen LogP contribution in [0.15, 0.2) is 36.4 Å². The van der Waals surface area contributed by atoms with Crippen molar-refractivity contribution in [1.82, 2.24) is 4.90 Å². The third kappa shape index (κ3) is 5.23. The van der Waals surface area contributed by atoms with Crippen molar-refractivity contribution in [2.24, 2.45) is 0 Å². The topological polar surface area (TPSA) is 47.6 Å². The van der Waals surface area contributed by atoms with E-state index in [1.54, 1.807) is 6.92 Å². The van der Waals surface area contributed by atoms with Crippen LogP contribution in [-0.2, 0) is 4.79 Å². The first-order valence-electron chi connectivity index (χ1n) is 9.97. The molecule has 0 unspecified atom stereocenters. The summed E-state index contributed by atoms with van der Waals surface area (Å²) in [5, 5.41) is 5.59. The lowest BCUT2D eigenvalue weighted by Gasteiger charge is -2.35. The molecule has 29 heavy (non-hydrogen) atoms. The maximum atomic E-state index is 13.7. The first-order chi connectivity index (χ1) is 13.9. The van der Waals surface area contributed by atoms with E-state index in [4.69, 9.17) is 0 Å². The number of likely N-dealkylation sites (N-methyl/N-ethyl adjacent to an activating group) is 1. The normalized spacial score (nSPS) is 15.8. The molecule has 1 heterocycles. The van der Waals surface area contributed by atoms with Crippen LogP contribution in [0.3, 0.4) is 0 Å². The van der Waals surface area contributed by atoms with Gasteiger partial charge in [0.1, 0.15) is 17.7 Å². The molecule has 5 nitrogen and oxygen atoms in total. The van der Waals surface area contributed by atoms with Gasteiger partial charge in [0, 0.05) is 43.6 Å². The molecule has 0 radical (unpaired) electrons. The summed E-state index contributed by atoms with van der Waals surface area (Å²) in [5.74, 6) is -1.71. The summed E-state index contributed by atoms with van der Waals surface area (Å²) in [5.41, 5.74) is 2.87. The van der Waals surface area contributed by atoms with Gasteiger partial charge in [0.05, 0.1) is 5.69 Å². The molecule has 2 N–H and O–H groups in total. The van der Waals surface area contributed by atoms with Crippen molar-refractivity contribution in [3.05, 3.63) is 53.6 Å². The smallest absolute Gasteiger partial charge is 0.246 e. The molecule has 7 heteroatoms. The Bertz CT molecular complexity index is 866. The van der Waals surface area contributed by atoms with Crippen LogP contribution in [0, 0.1) is 18.6 Å². The number of benzene rings is 2. The number of hydrogen-bond acceptors (Lipinski definition) is 4. The highest BCUT2D eigenvalue weighted by atomic mass is 19.1. The summed E-state index contributed by atoms with van der Waals surface area (Å²) in [4.78, 5) is 17.2. The molecule has 156 valence electrons. The Morgan fingerprint density at radius 3 is 2.45 bits per heavy atom. The molecule has 1 saturated heterocycles. The Balaban J connectivity index is 1.62. The summed E-state index contributed by atoms with van der Waals surface area (Å²) < 4.78 is 27.0. The zero-order chi connectivity index (χ0) is 21.0. The lowest BCUT2D eigenvalue weighted by atomic mass is 10.1. The first-order valence-corrected chi connectivity index (χ1v) is 9.97. The Morgan fingerprint density at radius 2 is 1.79 bits per heavy atom. The minimum Gasteiger partial charge on any atom is -0.374 e. The van der Waals surface area contributed by atoms with Gasteiger partial charge in [-0.15, -0.1) is 0 Å². The van der Waals surface area contributed by atoms with Gasteiger partial charge in [0.25, 0.3) is 0 Å². The zero-order valence-electron chi connectivity index (χ0n) is 17.1. The molecule has 0 bridgehead atoms. The largest absolute Gasteiger partial charge is 0.374 e. The van der Waals surface area contributed by atoms with Gasteiger partial charge in [0.15, 0.2) is 0 Å². The Hall–Kier alpha value is -2.67. The molecule has 1 aliphatic heterocycles. The molecule has 0 aliphatic carbocycles. The average molecular weight is 402 g/mol. The number of halogens is 2. The monoisotopic (exact) mass is 402 g/mol. The van der Waals surface area contributed by atoms with Crippen LogP contribution < -0.4 is 15.5 Å². The molecule has 1 fully saturated rings. The first kappa shape index (κ1) is 21.0. The van der Waals surface area contributed by atoms with Gasteiger partial charge in [0.2, 0.25) is 5.91 Å². The third-order valence-electron chi connectivity index (χ3n) is 5.35. The van der Waals surface area contributed by atoms with Crippen molar-refractivity contribution < 1.29 is 13.6 Å². The zero-order valence-corrected chi connectivity index (χ0v) is 17.1. The SMILES string of the molecule is CCN1CCN(c2ccc(N[C@H](C)C(=O)Nc3cc(F)ccc3F)c(C)c2)CC1. The van der Waals surface area contributed by atoms with E-state index >= 15 is 0 Å². The maximum Gasteiger partial charge on any atom is 0.246 e. The van der Waals surface area contributed by atoms with Gasteiger partial charge >= 0.3 is 0 Å². The lowest BCUT2D eigenvalue weighted by molar-refractivity contribution is -0.116. The van der Waals surface area contributed by atoms with Gasteiger partial charge < -0.3 is 20.4 Å². The van der Waals surface area contributed by atoms with Gasteiger partial charge in [-0.05, 0) is 56.3 Å². The fraction of sp³-hybridized carbons (Fsp3) is 0.409. The predicted octanol–water partition coefficient (Wildman–Crippen LogP) is 3.85. The molecule has 1 atom stereocenters. The van der Waals surface area contributed by atoms with Crippen molar-refractivity contribution in [2.75, 3.05) is 48.3 Å². The minimum absolute atomic E-state index is 0.165. The highest BCUT2D eigenvalue weighted by Gasteiger charge is 2.18. The van der Waals surface area contributed by atoms with Crippen LogP contribution in [0.25, 0.3) is 0 Å². The van der Waals surface area contributed by atoms with E-state index in [0.717, 1.165) is 62.2 Å². The van der Waals surface area contributed by atoms with Crippen LogP contribution in [0.4, 0.5) is 25.8 Å². The third-order valence-corrected chi connectivity index (χ3v) is 5.35. The second kappa shape index (κ2) is 9.22. The average Bonchev–Trinajstić information content (AvgIpc) is 2.72. The van der Waals surface area contributed by atoms with Crippen molar-refractivity contribution in [2.45, 2.75) is 26.8 Å². The van der Waals surface area contributed by atoms with Crippen LogP contribution in [0.1, 0.15) is 19.4 Å². The molecule has 1 amide bonds. The lowest BCUT2D eigenvalue weighted by Crippen LogP contribution is -2.46.